The van der Waals surface area contributed by atoms with Gasteiger partial charge in [0, 0.05) is 36.8 Å². The number of carbonyl (C=O) groups is 1. The number of piperazine rings is 1. The summed E-state index contributed by atoms with van der Waals surface area (Å²) >= 11 is 5.87. The molecule has 2 saturated heterocycles. The zero-order valence-electron chi connectivity index (χ0n) is 10.4. The van der Waals surface area contributed by atoms with Gasteiger partial charge in [0.25, 0.3) is 0 Å². The largest absolute Gasteiger partial charge is 0.320 e. The van der Waals surface area contributed by atoms with Gasteiger partial charge < -0.3 is 15.1 Å². The number of carbonyl (C=O) groups excluding carboxylic acids is 1. The second-order valence-electron chi connectivity index (χ2n) is 4.95. The van der Waals surface area contributed by atoms with E-state index in [-0.39, 0.29) is 24.4 Å². The van der Waals surface area contributed by atoms with Gasteiger partial charge in [-0.15, -0.1) is 0 Å². The molecular weight excluding hydrogens is 269 g/mol. The van der Waals surface area contributed by atoms with E-state index in [1.807, 2.05) is 4.90 Å². The van der Waals surface area contributed by atoms with Crippen LogP contribution in [0.25, 0.3) is 0 Å². The first-order chi connectivity index (χ1) is 9.15. The summed E-state index contributed by atoms with van der Waals surface area (Å²) in [4.78, 5) is 15.8. The van der Waals surface area contributed by atoms with Crippen LogP contribution in [0.1, 0.15) is 5.56 Å². The maximum absolute atomic E-state index is 13.7. The topological polar surface area (TPSA) is 35.6 Å². The maximum Gasteiger partial charge on any atom is 0.320 e. The Morgan fingerprint density at radius 3 is 3.11 bits per heavy atom. The average molecular weight is 284 g/mol. The standard InChI is InChI=1S/C13H15ClFN3O/c14-10-1-2-12(15)9(5-10)7-17-8-11-6-16-3-4-18(11)13(17)19/h1-2,5,11,16H,3-4,6-8H2. The summed E-state index contributed by atoms with van der Waals surface area (Å²) in [7, 11) is 0. The molecule has 4 nitrogen and oxygen atoms in total. The van der Waals surface area contributed by atoms with Crippen LogP contribution in [0.5, 0.6) is 0 Å². The van der Waals surface area contributed by atoms with Crippen LogP contribution < -0.4 is 5.32 Å². The molecule has 2 heterocycles. The van der Waals surface area contributed by atoms with Crippen molar-refractivity contribution in [2.75, 3.05) is 26.2 Å². The Balaban J connectivity index is 1.76. The van der Waals surface area contributed by atoms with Crippen LogP contribution in [0, 0.1) is 5.82 Å². The predicted octanol–water partition coefficient (Wildman–Crippen LogP) is 1.69. The molecule has 3 rings (SSSR count). The number of urea groups is 1. The second kappa shape index (κ2) is 4.98. The zero-order chi connectivity index (χ0) is 13.4. The van der Waals surface area contributed by atoms with Gasteiger partial charge in [0.15, 0.2) is 0 Å². The third-order valence-corrected chi connectivity index (χ3v) is 3.90. The first-order valence-electron chi connectivity index (χ1n) is 6.35. The van der Waals surface area contributed by atoms with Gasteiger partial charge in [-0.05, 0) is 18.2 Å². The number of hydrogen-bond donors (Lipinski definition) is 1. The van der Waals surface area contributed by atoms with E-state index in [1.54, 1.807) is 11.0 Å². The fourth-order valence-corrected chi connectivity index (χ4v) is 2.89. The number of nitrogens with one attached hydrogen (secondary N) is 1. The molecule has 0 saturated carbocycles. The molecule has 2 fully saturated rings. The van der Waals surface area contributed by atoms with Crippen molar-refractivity contribution < 1.29 is 9.18 Å². The molecule has 1 aromatic rings. The first-order valence-corrected chi connectivity index (χ1v) is 6.73. The van der Waals surface area contributed by atoms with Gasteiger partial charge in [-0.3, -0.25) is 0 Å². The molecule has 2 amide bonds. The lowest BCUT2D eigenvalue weighted by molar-refractivity contribution is 0.178. The van der Waals surface area contributed by atoms with Gasteiger partial charge in [-0.1, -0.05) is 11.6 Å². The molecule has 0 radical (unpaired) electrons. The molecule has 0 bridgehead atoms. The van der Waals surface area contributed by atoms with Crippen LogP contribution in [0.3, 0.4) is 0 Å². The second-order valence-corrected chi connectivity index (χ2v) is 5.39. The summed E-state index contributed by atoms with van der Waals surface area (Å²) in [6.45, 7) is 3.26. The SMILES string of the molecule is O=C1N(Cc2cc(Cl)ccc2F)CC2CNCCN12. The van der Waals surface area contributed by atoms with Crippen LogP contribution in [-0.4, -0.2) is 48.1 Å². The number of rotatable bonds is 2. The van der Waals surface area contributed by atoms with Crippen molar-refractivity contribution >= 4 is 17.6 Å². The Morgan fingerprint density at radius 2 is 2.32 bits per heavy atom. The molecule has 19 heavy (non-hydrogen) atoms. The Bertz CT molecular complexity index is 511. The summed E-state index contributed by atoms with van der Waals surface area (Å²) in [5.41, 5.74) is 0.466. The quantitative estimate of drug-likeness (QED) is 0.896. The highest BCUT2D eigenvalue weighted by atomic mass is 35.5. The van der Waals surface area contributed by atoms with Crippen LogP contribution in [-0.2, 0) is 6.54 Å². The molecule has 2 aliphatic rings. The van der Waals surface area contributed by atoms with Crippen LogP contribution >= 0.6 is 11.6 Å². The fraction of sp³-hybridized carbons (Fsp3) is 0.462. The van der Waals surface area contributed by atoms with Gasteiger partial charge in [-0.25, -0.2) is 9.18 Å². The van der Waals surface area contributed by atoms with Gasteiger partial charge in [0.1, 0.15) is 5.82 Å². The molecule has 6 heteroatoms. The highest BCUT2D eigenvalue weighted by Gasteiger charge is 2.38. The van der Waals surface area contributed by atoms with Gasteiger partial charge >= 0.3 is 6.03 Å². The number of halogens is 2. The highest BCUT2D eigenvalue weighted by Crippen LogP contribution is 2.22. The van der Waals surface area contributed by atoms with Gasteiger partial charge in [0.05, 0.1) is 12.6 Å². The van der Waals surface area contributed by atoms with Crippen molar-refractivity contribution in [3.8, 4) is 0 Å². The summed E-state index contributed by atoms with van der Waals surface area (Å²) in [6, 6.07) is 4.63. The number of amides is 2. The number of fused-ring (bicyclic) bond motifs is 1. The minimum absolute atomic E-state index is 0.00845. The van der Waals surface area contributed by atoms with E-state index in [0.29, 0.717) is 17.1 Å². The number of nitrogens with zero attached hydrogens (tertiary/aromatic N) is 2. The average Bonchev–Trinajstić information content (AvgIpc) is 2.72. The monoisotopic (exact) mass is 283 g/mol. The van der Waals surface area contributed by atoms with Crippen molar-refractivity contribution in [1.82, 2.24) is 15.1 Å². The van der Waals surface area contributed by atoms with Crippen molar-refractivity contribution in [3.05, 3.63) is 34.6 Å². The molecule has 102 valence electrons. The van der Waals surface area contributed by atoms with Crippen molar-refractivity contribution in [2.24, 2.45) is 0 Å². The summed E-state index contributed by atoms with van der Waals surface area (Å²) < 4.78 is 13.7. The Labute approximate surface area is 116 Å². The Hall–Kier alpha value is -1.33. The maximum atomic E-state index is 13.7. The van der Waals surface area contributed by atoms with Gasteiger partial charge in [0.2, 0.25) is 0 Å². The van der Waals surface area contributed by atoms with E-state index in [9.17, 15) is 9.18 Å². The lowest BCUT2D eigenvalue weighted by atomic mass is 10.2. The molecule has 0 aromatic heterocycles. The van der Waals surface area contributed by atoms with Gasteiger partial charge in [-0.2, -0.15) is 0 Å². The first kappa shape index (κ1) is 12.7. The lowest BCUT2D eigenvalue weighted by Gasteiger charge is -2.28. The molecule has 0 spiro atoms. The van der Waals surface area contributed by atoms with E-state index in [0.717, 1.165) is 19.6 Å². The van der Waals surface area contributed by atoms with Crippen LogP contribution in [0.4, 0.5) is 9.18 Å². The van der Waals surface area contributed by atoms with Crippen molar-refractivity contribution in [1.29, 1.82) is 0 Å². The molecular formula is C13H15ClFN3O. The summed E-state index contributed by atoms with van der Waals surface area (Å²) in [6.07, 6.45) is 0. The third-order valence-electron chi connectivity index (χ3n) is 3.67. The Morgan fingerprint density at radius 1 is 1.47 bits per heavy atom. The fourth-order valence-electron chi connectivity index (χ4n) is 2.69. The number of benzene rings is 1. The molecule has 1 aromatic carbocycles. The van der Waals surface area contributed by atoms with E-state index in [1.165, 1.54) is 12.1 Å². The minimum atomic E-state index is -0.319. The van der Waals surface area contributed by atoms with E-state index < -0.39 is 0 Å². The van der Waals surface area contributed by atoms with Crippen molar-refractivity contribution in [3.63, 3.8) is 0 Å². The Kier molecular flexibility index (Phi) is 3.33. The molecule has 1 N–H and O–H groups in total. The molecule has 2 aliphatic heterocycles. The third kappa shape index (κ3) is 2.40. The van der Waals surface area contributed by atoms with Crippen molar-refractivity contribution in [2.45, 2.75) is 12.6 Å². The predicted molar refractivity (Wildman–Crippen MR) is 70.6 cm³/mol. The summed E-state index contributed by atoms with van der Waals surface area (Å²) in [5.74, 6) is -0.319. The zero-order valence-corrected chi connectivity index (χ0v) is 11.2. The normalized spacial score (nSPS) is 22.8. The van der Waals surface area contributed by atoms with E-state index >= 15 is 0 Å². The minimum Gasteiger partial charge on any atom is -0.318 e. The summed E-state index contributed by atoms with van der Waals surface area (Å²) in [5, 5.41) is 3.75. The van der Waals surface area contributed by atoms with E-state index in [2.05, 4.69) is 5.32 Å². The van der Waals surface area contributed by atoms with Crippen LogP contribution in [0.15, 0.2) is 18.2 Å². The molecule has 1 unspecified atom stereocenters. The lowest BCUT2D eigenvalue weighted by Crippen LogP contribution is -2.49. The van der Waals surface area contributed by atoms with Crippen LogP contribution in [0.2, 0.25) is 5.02 Å². The highest BCUT2D eigenvalue weighted by molar-refractivity contribution is 6.30. The smallest absolute Gasteiger partial charge is 0.318 e. The van der Waals surface area contributed by atoms with E-state index in [4.69, 9.17) is 11.6 Å². The number of hydrogen-bond acceptors (Lipinski definition) is 2. The molecule has 0 aliphatic carbocycles. The molecule has 1 atom stereocenters.